The quantitative estimate of drug-likeness (QED) is 0.727. The number of nitrogens with zero attached hydrogens (tertiary/aromatic N) is 1. The van der Waals surface area contributed by atoms with Crippen LogP contribution in [0.25, 0.3) is 0 Å². The second kappa shape index (κ2) is 7.04. The highest BCUT2D eigenvalue weighted by molar-refractivity contribution is 7.14. The monoisotopic (exact) mass is 389 g/mol. The second-order valence-electron chi connectivity index (χ2n) is 7.21. The minimum absolute atomic E-state index is 0.0254. The molecule has 1 aliphatic carbocycles. The lowest BCUT2D eigenvalue weighted by molar-refractivity contribution is 0.0929. The summed E-state index contributed by atoms with van der Waals surface area (Å²) in [6, 6.07) is 3.84. The largest absolute Gasteiger partial charge is 0.336 e. The van der Waals surface area contributed by atoms with Gasteiger partial charge in [0.15, 0.2) is 0 Å². The number of hydrazine groups is 1. The van der Waals surface area contributed by atoms with Gasteiger partial charge in [-0.3, -0.25) is 10.2 Å². The van der Waals surface area contributed by atoms with E-state index in [1.165, 1.54) is 27.3 Å². The number of hydrogen-bond acceptors (Lipinski definition) is 4. The molecule has 2 N–H and O–H groups in total. The molecular formula is C19H23N3O2S2. The van der Waals surface area contributed by atoms with E-state index in [0.29, 0.717) is 17.3 Å². The van der Waals surface area contributed by atoms with Crippen LogP contribution in [0.5, 0.6) is 0 Å². The first kappa shape index (κ1) is 17.5. The van der Waals surface area contributed by atoms with Crippen molar-refractivity contribution < 1.29 is 9.59 Å². The highest BCUT2D eigenvalue weighted by atomic mass is 32.1. The first-order valence-electron chi connectivity index (χ1n) is 9.07. The van der Waals surface area contributed by atoms with Crippen LogP contribution in [0, 0.1) is 5.92 Å². The van der Waals surface area contributed by atoms with Gasteiger partial charge in [-0.25, -0.2) is 10.2 Å². The molecule has 3 amide bonds. The van der Waals surface area contributed by atoms with E-state index in [1.807, 2.05) is 13.0 Å². The van der Waals surface area contributed by atoms with Gasteiger partial charge in [0.1, 0.15) is 0 Å². The first-order valence-corrected chi connectivity index (χ1v) is 10.8. The Morgan fingerprint density at radius 3 is 2.88 bits per heavy atom. The Morgan fingerprint density at radius 1 is 1.19 bits per heavy atom. The summed E-state index contributed by atoms with van der Waals surface area (Å²) in [5.41, 5.74) is 7.68. The van der Waals surface area contributed by atoms with Gasteiger partial charge in [0.25, 0.3) is 5.91 Å². The van der Waals surface area contributed by atoms with Crippen molar-refractivity contribution in [3.8, 4) is 0 Å². The molecule has 0 unspecified atom stereocenters. The summed E-state index contributed by atoms with van der Waals surface area (Å²) >= 11 is 3.29. The molecule has 138 valence electrons. The minimum atomic E-state index is -0.252. The van der Waals surface area contributed by atoms with Crippen molar-refractivity contribution in [2.45, 2.75) is 45.6 Å². The van der Waals surface area contributed by atoms with Crippen LogP contribution in [-0.4, -0.2) is 23.4 Å². The van der Waals surface area contributed by atoms with Crippen LogP contribution in [0.3, 0.4) is 0 Å². The number of fused-ring (bicyclic) bond motifs is 2. The fourth-order valence-corrected chi connectivity index (χ4v) is 5.91. The molecule has 0 aromatic carbocycles. The van der Waals surface area contributed by atoms with Crippen LogP contribution >= 0.6 is 22.7 Å². The molecule has 1 aliphatic heterocycles. The summed E-state index contributed by atoms with van der Waals surface area (Å²) in [6.45, 7) is 4.95. The van der Waals surface area contributed by atoms with Crippen molar-refractivity contribution in [1.82, 2.24) is 15.8 Å². The zero-order chi connectivity index (χ0) is 18.3. The summed E-state index contributed by atoms with van der Waals surface area (Å²) in [5, 5.41) is 2.07. The topological polar surface area (TPSA) is 61.4 Å². The molecular weight excluding hydrogens is 366 g/mol. The highest BCUT2D eigenvalue weighted by Gasteiger charge is 2.28. The van der Waals surface area contributed by atoms with Gasteiger partial charge >= 0.3 is 6.03 Å². The third-order valence-corrected chi connectivity index (χ3v) is 7.61. The van der Waals surface area contributed by atoms with Crippen molar-refractivity contribution in [2.75, 3.05) is 6.54 Å². The Hall–Kier alpha value is -1.86. The van der Waals surface area contributed by atoms with Crippen LogP contribution in [0.2, 0.25) is 0 Å². The van der Waals surface area contributed by atoms with Gasteiger partial charge in [0.2, 0.25) is 0 Å². The number of thiophene rings is 2. The molecule has 0 radical (unpaired) electrons. The molecule has 0 saturated carbocycles. The molecule has 0 spiro atoms. The van der Waals surface area contributed by atoms with Gasteiger partial charge in [-0.2, -0.15) is 0 Å². The fraction of sp³-hybridized carbons (Fsp3) is 0.474. The van der Waals surface area contributed by atoms with E-state index in [4.69, 9.17) is 0 Å². The average Bonchev–Trinajstić information content (AvgIpc) is 3.26. The Kier molecular flexibility index (Phi) is 4.75. The number of rotatable bonds is 1. The van der Waals surface area contributed by atoms with Crippen LogP contribution < -0.4 is 10.9 Å². The predicted octanol–water partition coefficient (Wildman–Crippen LogP) is 3.91. The molecule has 7 heteroatoms. The molecule has 2 aliphatic rings. The van der Waals surface area contributed by atoms with Gasteiger partial charge in [-0.15, -0.1) is 22.7 Å². The van der Waals surface area contributed by atoms with Gasteiger partial charge in [0, 0.05) is 16.3 Å². The lowest BCUT2D eigenvalue weighted by Crippen LogP contribution is -2.50. The number of carbonyl (C=O) groups excluding carboxylic acids is 2. The van der Waals surface area contributed by atoms with Crippen LogP contribution in [0.4, 0.5) is 4.79 Å². The standard InChI is InChI=1S/C19H23N3O2S2/c1-11-3-4-15-13(9-11)10-17(26-15)18(23)20-21-19(24)22-7-5-16-14(12(22)2)6-8-25-16/h6,8,10-12H,3-5,7,9H2,1-2H3,(H,20,23)(H,21,24)/t11-,12+/m0/s1. The smallest absolute Gasteiger partial charge is 0.316 e. The van der Waals surface area contributed by atoms with E-state index in [0.717, 1.165) is 19.3 Å². The number of hydrogen-bond donors (Lipinski definition) is 2. The molecule has 2 atom stereocenters. The molecule has 3 heterocycles. The summed E-state index contributed by atoms with van der Waals surface area (Å²) in [6.07, 6.45) is 4.14. The Morgan fingerprint density at radius 2 is 2.04 bits per heavy atom. The van der Waals surface area contributed by atoms with E-state index in [1.54, 1.807) is 27.6 Å². The molecule has 5 nitrogen and oxygen atoms in total. The molecule has 4 rings (SSSR count). The molecule has 26 heavy (non-hydrogen) atoms. The van der Waals surface area contributed by atoms with Crippen LogP contribution in [0.15, 0.2) is 17.5 Å². The summed E-state index contributed by atoms with van der Waals surface area (Å²) in [5.74, 6) is 0.446. The van der Waals surface area contributed by atoms with Crippen molar-refractivity contribution in [2.24, 2.45) is 5.92 Å². The predicted molar refractivity (Wildman–Crippen MR) is 105 cm³/mol. The molecule has 2 aromatic heterocycles. The summed E-state index contributed by atoms with van der Waals surface area (Å²) in [4.78, 5) is 30.1. The molecule has 0 saturated heterocycles. The van der Waals surface area contributed by atoms with Gasteiger partial charge in [0.05, 0.1) is 10.9 Å². The maximum atomic E-state index is 12.5. The highest BCUT2D eigenvalue weighted by Crippen LogP contribution is 2.33. The van der Waals surface area contributed by atoms with E-state index in [9.17, 15) is 9.59 Å². The molecule has 0 fully saturated rings. The lowest BCUT2D eigenvalue weighted by Gasteiger charge is -2.33. The third-order valence-electron chi connectivity index (χ3n) is 5.37. The average molecular weight is 390 g/mol. The minimum Gasteiger partial charge on any atom is -0.316 e. The van der Waals surface area contributed by atoms with E-state index >= 15 is 0 Å². The first-order chi connectivity index (χ1) is 12.5. The SMILES string of the molecule is C[C@H]1CCc2sc(C(=O)NNC(=O)N3CCc4sccc4[C@H]3C)cc2C1. The van der Waals surface area contributed by atoms with Gasteiger partial charge in [-0.1, -0.05) is 6.92 Å². The maximum absolute atomic E-state index is 12.5. The Labute approximate surface area is 161 Å². The van der Waals surface area contributed by atoms with Crippen LogP contribution in [0.1, 0.15) is 56.9 Å². The summed E-state index contributed by atoms with van der Waals surface area (Å²) in [7, 11) is 0. The number of aryl methyl sites for hydroxylation is 1. The van der Waals surface area contributed by atoms with Crippen molar-refractivity contribution in [1.29, 1.82) is 0 Å². The van der Waals surface area contributed by atoms with E-state index in [2.05, 4.69) is 29.2 Å². The Bertz CT molecular complexity index is 842. The van der Waals surface area contributed by atoms with E-state index in [-0.39, 0.29) is 18.0 Å². The number of amides is 3. The Balaban J connectivity index is 1.37. The lowest BCUT2D eigenvalue weighted by atomic mass is 9.90. The zero-order valence-electron chi connectivity index (χ0n) is 15.0. The van der Waals surface area contributed by atoms with Crippen molar-refractivity contribution in [3.63, 3.8) is 0 Å². The molecule has 2 aromatic rings. The molecule has 0 bridgehead atoms. The third kappa shape index (κ3) is 3.25. The number of carbonyl (C=O) groups is 2. The number of urea groups is 1. The zero-order valence-corrected chi connectivity index (χ0v) is 16.6. The normalized spacial score (nSPS) is 21.7. The number of nitrogens with one attached hydrogen (secondary N) is 2. The van der Waals surface area contributed by atoms with Gasteiger partial charge in [-0.05, 0) is 67.2 Å². The van der Waals surface area contributed by atoms with Crippen molar-refractivity contribution >= 4 is 34.6 Å². The second-order valence-corrected chi connectivity index (χ2v) is 9.35. The van der Waals surface area contributed by atoms with Gasteiger partial charge < -0.3 is 4.90 Å². The van der Waals surface area contributed by atoms with E-state index < -0.39 is 0 Å². The van der Waals surface area contributed by atoms with Crippen LogP contribution in [-0.2, 0) is 19.3 Å². The fourth-order valence-electron chi connectivity index (χ4n) is 3.85. The summed E-state index contributed by atoms with van der Waals surface area (Å²) < 4.78 is 0. The van der Waals surface area contributed by atoms with Crippen molar-refractivity contribution in [3.05, 3.63) is 43.3 Å². The maximum Gasteiger partial charge on any atom is 0.336 e.